The van der Waals surface area contributed by atoms with Crippen molar-refractivity contribution in [2.45, 2.75) is 38.6 Å². The Morgan fingerprint density at radius 3 is 2.96 bits per heavy atom. The number of imidazole rings is 1. The van der Waals surface area contributed by atoms with E-state index in [0.717, 1.165) is 38.4 Å². The molecule has 0 spiro atoms. The molecule has 1 aromatic heterocycles. The van der Waals surface area contributed by atoms with Crippen LogP contribution in [-0.4, -0.2) is 58.1 Å². The molecule has 0 aromatic carbocycles. The number of piperazine rings is 1. The molecule has 1 aliphatic heterocycles. The maximum atomic E-state index is 12.5. The summed E-state index contributed by atoms with van der Waals surface area (Å²) in [5.41, 5.74) is 1.50. The fraction of sp³-hybridized carbons (Fsp3) is 0.667. The van der Waals surface area contributed by atoms with Crippen LogP contribution in [0.3, 0.4) is 0 Å². The topological polar surface area (TPSA) is 53.4 Å². The van der Waals surface area contributed by atoms with Gasteiger partial charge in [0.05, 0.1) is 6.04 Å². The number of carbonyl (C=O) groups excluding carboxylic acids is 1. The van der Waals surface area contributed by atoms with Crippen LogP contribution in [0.25, 0.3) is 0 Å². The van der Waals surface area contributed by atoms with Crippen molar-refractivity contribution < 1.29 is 4.79 Å². The van der Waals surface area contributed by atoms with Gasteiger partial charge in [0.25, 0.3) is 0 Å². The van der Waals surface area contributed by atoms with Crippen molar-refractivity contribution in [2.75, 3.05) is 32.7 Å². The molecular weight excluding hydrogens is 302 g/mol. The number of aryl methyl sites for hydroxylation is 1. The second-order valence-corrected chi connectivity index (χ2v) is 6.72. The summed E-state index contributed by atoms with van der Waals surface area (Å²) in [6.07, 6.45) is 10.8. The highest BCUT2D eigenvalue weighted by molar-refractivity contribution is 5.74. The molecule has 2 aliphatic rings. The van der Waals surface area contributed by atoms with Gasteiger partial charge < -0.3 is 14.8 Å². The van der Waals surface area contributed by atoms with Gasteiger partial charge >= 0.3 is 6.03 Å². The Morgan fingerprint density at radius 2 is 2.29 bits per heavy atom. The van der Waals surface area contributed by atoms with Crippen LogP contribution in [0.15, 0.2) is 24.0 Å². The zero-order valence-corrected chi connectivity index (χ0v) is 14.9. The first kappa shape index (κ1) is 17.0. The molecule has 2 heterocycles. The molecule has 24 heavy (non-hydrogen) atoms. The smallest absolute Gasteiger partial charge is 0.317 e. The number of carbonyl (C=O) groups is 1. The van der Waals surface area contributed by atoms with E-state index in [1.54, 1.807) is 0 Å². The van der Waals surface area contributed by atoms with Gasteiger partial charge in [0.2, 0.25) is 0 Å². The molecule has 1 N–H and O–H groups in total. The number of likely N-dealkylation sites (N-methyl/N-ethyl adjacent to an activating group) is 1. The molecule has 1 aliphatic carbocycles. The van der Waals surface area contributed by atoms with E-state index in [9.17, 15) is 4.79 Å². The molecule has 1 atom stereocenters. The highest BCUT2D eigenvalue weighted by Crippen LogP contribution is 2.24. The van der Waals surface area contributed by atoms with Crippen LogP contribution in [0.4, 0.5) is 4.79 Å². The highest BCUT2D eigenvalue weighted by atomic mass is 16.2. The molecule has 0 radical (unpaired) electrons. The molecule has 3 rings (SSSR count). The van der Waals surface area contributed by atoms with Crippen LogP contribution in [0.5, 0.6) is 0 Å². The molecular formula is C18H29N5O. The van der Waals surface area contributed by atoms with E-state index in [4.69, 9.17) is 0 Å². The molecule has 132 valence electrons. The fourth-order valence-corrected chi connectivity index (χ4v) is 3.73. The third-order valence-corrected chi connectivity index (χ3v) is 5.20. The first-order valence-corrected chi connectivity index (χ1v) is 9.11. The number of hydrogen-bond donors (Lipinski definition) is 1. The summed E-state index contributed by atoms with van der Waals surface area (Å²) >= 11 is 0. The Balaban J connectivity index is 1.56. The number of allylic oxidation sites excluding steroid dienone is 1. The Hall–Kier alpha value is -1.82. The number of nitrogens with one attached hydrogen (secondary N) is 1. The summed E-state index contributed by atoms with van der Waals surface area (Å²) in [6, 6.07) is 0.232. The van der Waals surface area contributed by atoms with Crippen LogP contribution in [0, 0.1) is 0 Å². The van der Waals surface area contributed by atoms with Gasteiger partial charge in [-0.3, -0.25) is 4.90 Å². The van der Waals surface area contributed by atoms with Crippen LogP contribution >= 0.6 is 0 Å². The quantitative estimate of drug-likeness (QED) is 0.843. The van der Waals surface area contributed by atoms with Crippen molar-refractivity contribution in [1.29, 1.82) is 0 Å². The molecule has 6 nitrogen and oxygen atoms in total. The maximum absolute atomic E-state index is 12.5. The maximum Gasteiger partial charge on any atom is 0.317 e. The second-order valence-electron chi connectivity index (χ2n) is 6.72. The van der Waals surface area contributed by atoms with Crippen molar-refractivity contribution in [1.82, 2.24) is 24.7 Å². The monoisotopic (exact) mass is 331 g/mol. The van der Waals surface area contributed by atoms with Gasteiger partial charge in [-0.15, -0.1) is 0 Å². The second kappa shape index (κ2) is 7.83. The Bertz CT molecular complexity index is 594. The molecule has 6 heteroatoms. The standard InChI is InChI=1S/C18H29N5O/c1-3-22-12-13-23(14-16(22)17-19-10-11-21(17)2)18(24)20-9-8-15-6-4-5-7-15/h6,10-11,16H,3-5,7-9,12-14H2,1-2H3,(H,20,24)/t16-/m1/s1. The zero-order chi connectivity index (χ0) is 16.9. The first-order chi connectivity index (χ1) is 11.7. The molecule has 2 amide bonds. The number of nitrogens with zero attached hydrogens (tertiary/aromatic N) is 4. The van der Waals surface area contributed by atoms with E-state index in [0.29, 0.717) is 6.54 Å². The van der Waals surface area contributed by atoms with E-state index in [2.05, 4.69) is 32.8 Å². The molecule has 0 bridgehead atoms. The summed E-state index contributed by atoms with van der Waals surface area (Å²) < 4.78 is 2.06. The molecule has 1 fully saturated rings. The summed E-state index contributed by atoms with van der Waals surface area (Å²) in [4.78, 5) is 21.4. The average molecular weight is 331 g/mol. The van der Waals surface area contributed by atoms with Gasteiger partial charge in [0.1, 0.15) is 5.82 Å². The van der Waals surface area contributed by atoms with Gasteiger partial charge in [-0.25, -0.2) is 9.78 Å². The van der Waals surface area contributed by atoms with Gasteiger partial charge in [-0.05, 0) is 32.2 Å². The number of aromatic nitrogens is 2. The SMILES string of the molecule is CCN1CCN(C(=O)NCCC2=CCCC2)C[C@@H]1c1nccn1C. The van der Waals surface area contributed by atoms with Gasteiger partial charge in [-0.2, -0.15) is 0 Å². The minimum atomic E-state index is 0.0589. The molecule has 0 unspecified atom stereocenters. The summed E-state index contributed by atoms with van der Waals surface area (Å²) in [7, 11) is 2.02. The lowest BCUT2D eigenvalue weighted by molar-refractivity contribution is 0.0880. The van der Waals surface area contributed by atoms with E-state index >= 15 is 0 Å². The van der Waals surface area contributed by atoms with Gasteiger partial charge in [0, 0.05) is 45.6 Å². The third kappa shape index (κ3) is 3.80. The molecule has 1 saturated heterocycles. The minimum Gasteiger partial charge on any atom is -0.338 e. The fourth-order valence-electron chi connectivity index (χ4n) is 3.73. The van der Waals surface area contributed by atoms with Crippen molar-refractivity contribution in [3.05, 3.63) is 29.9 Å². The lowest BCUT2D eigenvalue weighted by Crippen LogP contribution is -2.53. The highest BCUT2D eigenvalue weighted by Gasteiger charge is 2.31. The van der Waals surface area contributed by atoms with E-state index in [1.807, 2.05) is 24.3 Å². The van der Waals surface area contributed by atoms with Gasteiger partial charge in [-0.1, -0.05) is 18.6 Å². The third-order valence-electron chi connectivity index (χ3n) is 5.20. The lowest BCUT2D eigenvalue weighted by atomic mass is 10.1. The summed E-state index contributed by atoms with van der Waals surface area (Å²) in [5.74, 6) is 1.03. The number of urea groups is 1. The number of rotatable bonds is 5. The minimum absolute atomic E-state index is 0.0589. The first-order valence-electron chi connectivity index (χ1n) is 9.11. The predicted octanol–water partition coefficient (Wildman–Crippen LogP) is 2.31. The lowest BCUT2D eigenvalue weighted by Gasteiger charge is -2.40. The van der Waals surface area contributed by atoms with Crippen LogP contribution in [0.2, 0.25) is 0 Å². The van der Waals surface area contributed by atoms with Crippen molar-refractivity contribution >= 4 is 6.03 Å². The van der Waals surface area contributed by atoms with Crippen molar-refractivity contribution in [3.63, 3.8) is 0 Å². The van der Waals surface area contributed by atoms with Crippen LogP contribution in [0.1, 0.15) is 44.5 Å². The van der Waals surface area contributed by atoms with E-state index in [-0.39, 0.29) is 12.1 Å². The Kier molecular flexibility index (Phi) is 5.56. The predicted molar refractivity (Wildman–Crippen MR) is 94.7 cm³/mol. The van der Waals surface area contributed by atoms with Crippen LogP contribution < -0.4 is 5.32 Å². The van der Waals surface area contributed by atoms with Crippen molar-refractivity contribution in [2.24, 2.45) is 7.05 Å². The Morgan fingerprint density at radius 1 is 1.42 bits per heavy atom. The molecule has 0 saturated carbocycles. The summed E-state index contributed by atoms with van der Waals surface area (Å²) in [6.45, 7) is 6.26. The number of hydrogen-bond acceptors (Lipinski definition) is 3. The van der Waals surface area contributed by atoms with Crippen molar-refractivity contribution in [3.8, 4) is 0 Å². The van der Waals surface area contributed by atoms with E-state index in [1.165, 1.54) is 24.8 Å². The normalized spacial score (nSPS) is 21.8. The largest absolute Gasteiger partial charge is 0.338 e. The van der Waals surface area contributed by atoms with E-state index < -0.39 is 0 Å². The Labute approximate surface area is 144 Å². The summed E-state index contributed by atoms with van der Waals surface area (Å²) in [5, 5.41) is 3.09. The van der Waals surface area contributed by atoms with Gasteiger partial charge in [0.15, 0.2) is 0 Å². The number of amides is 2. The zero-order valence-electron chi connectivity index (χ0n) is 14.9. The molecule has 1 aromatic rings. The van der Waals surface area contributed by atoms with Crippen LogP contribution in [-0.2, 0) is 7.05 Å². The average Bonchev–Trinajstić information content (AvgIpc) is 3.25.